The number of sulfone groups is 1. The average molecular weight is 374 g/mol. The molecule has 0 radical (unpaired) electrons. The van der Waals surface area contributed by atoms with Crippen molar-refractivity contribution in [2.45, 2.75) is 56.5 Å². The number of likely N-dealkylation sites (tertiary alicyclic amines) is 1. The van der Waals surface area contributed by atoms with Gasteiger partial charge in [0, 0.05) is 18.5 Å². The van der Waals surface area contributed by atoms with Crippen LogP contribution in [0.4, 0.5) is 0 Å². The minimum absolute atomic E-state index is 0.0132. The predicted octanol–water partition coefficient (Wildman–Crippen LogP) is 3.30. The van der Waals surface area contributed by atoms with Crippen molar-refractivity contribution in [3.05, 3.63) is 23.2 Å². The lowest BCUT2D eigenvalue weighted by Crippen LogP contribution is -2.47. The number of ether oxygens (including phenoxy) is 1. The van der Waals surface area contributed by atoms with Crippen molar-refractivity contribution < 1.29 is 17.9 Å². The van der Waals surface area contributed by atoms with Crippen LogP contribution in [0.2, 0.25) is 5.02 Å². The normalized spacial score (nSPS) is 21.6. The van der Waals surface area contributed by atoms with Gasteiger partial charge in [-0.1, -0.05) is 11.6 Å². The highest BCUT2D eigenvalue weighted by Crippen LogP contribution is 2.28. The van der Waals surface area contributed by atoms with E-state index in [2.05, 4.69) is 0 Å². The van der Waals surface area contributed by atoms with Gasteiger partial charge in [0.05, 0.1) is 22.8 Å². The van der Waals surface area contributed by atoms with E-state index in [9.17, 15) is 13.2 Å². The van der Waals surface area contributed by atoms with Crippen molar-refractivity contribution in [1.82, 2.24) is 4.90 Å². The van der Waals surface area contributed by atoms with Crippen molar-refractivity contribution in [3.8, 4) is 5.75 Å². The van der Waals surface area contributed by atoms with E-state index in [1.165, 1.54) is 25.3 Å². The van der Waals surface area contributed by atoms with Gasteiger partial charge in [-0.15, -0.1) is 0 Å². The first-order valence-corrected chi connectivity index (χ1v) is 10.2. The van der Waals surface area contributed by atoms with E-state index in [1.54, 1.807) is 0 Å². The molecule has 1 aliphatic rings. The molecule has 1 heterocycles. The summed E-state index contributed by atoms with van der Waals surface area (Å²) in [6.45, 7) is 4.04. The number of hydrogen-bond donors (Lipinski definition) is 0. The lowest BCUT2D eigenvalue weighted by atomic mass is 9.97. The number of piperidine rings is 1. The van der Waals surface area contributed by atoms with E-state index in [1.807, 2.05) is 18.7 Å². The second-order valence-corrected chi connectivity index (χ2v) is 8.81. The van der Waals surface area contributed by atoms with Crippen LogP contribution in [0.3, 0.4) is 0 Å². The van der Waals surface area contributed by atoms with Crippen LogP contribution < -0.4 is 4.74 Å². The van der Waals surface area contributed by atoms with Crippen LogP contribution in [0.5, 0.6) is 5.75 Å². The SMILES string of the molecule is COc1ccc(S(=O)(=O)CCC(=O)N2C(C)CCCC2C)cc1Cl. The van der Waals surface area contributed by atoms with E-state index in [4.69, 9.17) is 16.3 Å². The lowest BCUT2D eigenvalue weighted by Gasteiger charge is -2.39. The molecule has 1 amide bonds. The molecule has 1 fully saturated rings. The Morgan fingerprint density at radius 1 is 1.29 bits per heavy atom. The predicted molar refractivity (Wildman–Crippen MR) is 94.3 cm³/mol. The summed E-state index contributed by atoms with van der Waals surface area (Å²) in [7, 11) is -2.10. The van der Waals surface area contributed by atoms with E-state index >= 15 is 0 Å². The number of methoxy groups -OCH3 is 1. The molecule has 7 heteroatoms. The summed E-state index contributed by atoms with van der Waals surface area (Å²) in [4.78, 5) is 14.4. The monoisotopic (exact) mass is 373 g/mol. The number of benzene rings is 1. The van der Waals surface area contributed by atoms with Gasteiger partial charge in [0.2, 0.25) is 5.91 Å². The van der Waals surface area contributed by atoms with Crippen LogP contribution in [-0.4, -0.2) is 44.2 Å². The summed E-state index contributed by atoms with van der Waals surface area (Å²) in [6.07, 6.45) is 3.03. The molecule has 0 aliphatic carbocycles. The molecule has 2 atom stereocenters. The highest BCUT2D eigenvalue weighted by Gasteiger charge is 2.29. The molecule has 134 valence electrons. The third-order valence-electron chi connectivity index (χ3n) is 4.55. The summed E-state index contributed by atoms with van der Waals surface area (Å²) in [5, 5.41) is 0.239. The molecule has 0 spiro atoms. The van der Waals surface area contributed by atoms with E-state index < -0.39 is 9.84 Å². The number of hydrogen-bond acceptors (Lipinski definition) is 4. The number of nitrogens with zero attached hydrogens (tertiary/aromatic N) is 1. The zero-order chi connectivity index (χ0) is 17.9. The molecule has 0 bridgehead atoms. The molecule has 2 rings (SSSR count). The van der Waals surface area contributed by atoms with Gasteiger partial charge in [0.15, 0.2) is 9.84 Å². The number of carbonyl (C=O) groups is 1. The van der Waals surface area contributed by atoms with Crippen molar-refractivity contribution >= 4 is 27.3 Å². The minimum atomic E-state index is -3.56. The Hall–Kier alpha value is -1.27. The van der Waals surface area contributed by atoms with Crippen molar-refractivity contribution in [1.29, 1.82) is 0 Å². The Labute approximate surface area is 148 Å². The Morgan fingerprint density at radius 2 is 1.92 bits per heavy atom. The van der Waals surface area contributed by atoms with Crippen molar-refractivity contribution in [3.63, 3.8) is 0 Å². The maximum absolute atomic E-state index is 12.5. The first kappa shape index (κ1) is 19.1. The zero-order valence-corrected chi connectivity index (χ0v) is 15.9. The van der Waals surface area contributed by atoms with Crippen molar-refractivity contribution in [2.24, 2.45) is 0 Å². The molecule has 1 aliphatic heterocycles. The van der Waals surface area contributed by atoms with E-state index in [0.29, 0.717) is 5.75 Å². The highest BCUT2D eigenvalue weighted by atomic mass is 35.5. The molecule has 0 N–H and O–H groups in total. The maximum Gasteiger partial charge on any atom is 0.224 e. The van der Waals surface area contributed by atoms with Crippen LogP contribution in [-0.2, 0) is 14.6 Å². The quantitative estimate of drug-likeness (QED) is 0.794. The zero-order valence-electron chi connectivity index (χ0n) is 14.3. The second kappa shape index (κ2) is 7.74. The van der Waals surface area contributed by atoms with Crippen LogP contribution in [0, 0.1) is 0 Å². The number of halogens is 1. The van der Waals surface area contributed by atoms with E-state index in [-0.39, 0.29) is 40.1 Å². The van der Waals surface area contributed by atoms with Gasteiger partial charge in [-0.2, -0.15) is 0 Å². The van der Waals surface area contributed by atoms with E-state index in [0.717, 1.165) is 19.3 Å². The average Bonchev–Trinajstić information content (AvgIpc) is 2.52. The van der Waals surface area contributed by atoms with Gasteiger partial charge in [-0.3, -0.25) is 4.79 Å². The Morgan fingerprint density at radius 3 is 2.46 bits per heavy atom. The third-order valence-corrected chi connectivity index (χ3v) is 6.56. The largest absolute Gasteiger partial charge is 0.495 e. The molecular formula is C17H24ClNO4S. The molecule has 2 unspecified atom stereocenters. The molecule has 0 saturated carbocycles. The summed E-state index contributed by atoms with van der Waals surface area (Å²) in [5.41, 5.74) is 0. The van der Waals surface area contributed by atoms with Gasteiger partial charge in [0.25, 0.3) is 0 Å². The lowest BCUT2D eigenvalue weighted by molar-refractivity contribution is -0.136. The number of amides is 1. The first-order valence-electron chi connectivity index (χ1n) is 8.13. The summed E-state index contributed by atoms with van der Waals surface area (Å²) < 4.78 is 30.0. The van der Waals surface area contributed by atoms with Crippen molar-refractivity contribution in [2.75, 3.05) is 12.9 Å². The molecule has 5 nitrogen and oxygen atoms in total. The smallest absolute Gasteiger partial charge is 0.224 e. The van der Waals surface area contributed by atoms with Gasteiger partial charge in [-0.05, 0) is 51.3 Å². The fourth-order valence-corrected chi connectivity index (χ4v) is 4.80. The van der Waals surface area contributed by atoms with Crippen LogP contribution >= 0.6 is 11.6 Å². The first-order chi connectivity index (χ1) is 11.3. The molecular weight excluding hydrogens is 350 g/mol. The van der Waals surface area contributed by atoms with Gasteiger partial charge >= 0.3 is 0 Å². The fourth-order valence-electron chi connectivity index (χ4n) is 3.22. The third kappa shape index (κ3) is 4.22. The summed E-state index contributed by atoms with van der Waals surface area (Å²) in [5.74, 6) is 0.102. The molecule has 1 saturated heterocycles. The Balaban J connectivity index is 2.07. The van der Waals surface area contributed by atoms with Gasteiger partial charge in [-0.25, -0.2) is 8.42 Å². The standard InChI is InChI=1S/C17H24ClNO4S/c1-12-5-4-6-13(2)19(12)17(20)9-10-24(21,22)14-7-8-16(23-3)15(18)11-14/h7-8,11-13H,4-6,9-10H2,1-3H3. The Bertz CT molecular complexity index is 695. The summed E-state index contributed by atoms with van der Waals surface area (Å²) >= 11 is 5.99. The van der Waals surface area contributed by atoms with Crippen LogP contribution in [0.1, 0.15) is 39.5 Å². The highest BCUT2D eigenvalue weighted by molar-refractivity contribution is 7.91. The summed E-state index contributed by atoms with van der Waals surface area (Å²) in [6, 6.07) is 4.67. The molecule has 24 heavy (non-hydrogen) atoms. The Kier molecular flexibility index (Phi) is 6.15. The number of carbonyl (C=O) groups excluding carboxylic acids is 1. The fraction of sp³-hybridized carbons (Fsp3) is 0.588. The van der Waals surface area contributed by atoms with Gasteiger partial charge < -0.3 is 9.64 Å². The number of rotatable bonds is 5. The minimum Gasteiger partial charge on any atom is -0.495 e. The molecule has 1 aromatic carbocycles. The second-order valence-electron chi connectivity index (χ2n) is 6.30. The topological polar surface area (TPSA) is 63.7 Å². The van der Waals surface area contributed by atoms with Gasteiger partial charge in [0.1, 0.15) is 5.75 Å². The van der Waals surface area contributed by atoms with Crippen LogP contribution in [0.15, 0.2) is 23.1 Å². The molecule has 1 aromatic rings. The molecule has 0 aromatic heterocycles. The van der Waals surface area contributed by atoms with Crippen LogP contribution in [0.25, 0.3) is 0 Å². The maximum atomic E-state index is 12.5.